The second-order valence-electron chi connectivity index (χ2n) is 6.08. The number of nitrogens with one attached hydrogen (secondary N) is 2. The molecule has 1 heterocycles. The molecule has 2 rings (SSSR count). The van der Waals surface area contributed by atoms with Crippen LogP contribution in [0.2, 0.25) is 0 Å². The van der Waals surface area contributed by atoms with Crippen molar-refractivity contribution >= 4 is 33.5 Å². The van der Waals surface area contributed by atoms with Gasteiger partial charge in [-0.25, -0.2) is 12.7 Å². The van der Waals surface area contributed by atoms with Gasteiger partial charge in [-0.2, -0.15) is 0 Å². The zero-order valence-electron chi connectivity index (χ0n) is 14.3. The molecule has 1 fully saturated rings. The van der Waals surface area contributed by atoms with Gasteiger partial charge in [0.2, 0.25) is 15.9 Å². The summed E-state index contributed by atoms with van der Waals surface area (Å²) in [4.78, 5) is 34.5. The van der Waals surface area contributed by atoms with Crippen LogP contribution >= 0.6 is 0 Å². The number of carbonyl (C=O) groups is 3. The number of piperidine rings is 1. The third-order valence-corrected chi connectivity index (χ3v) is 5.41. The van der Waals surface area contributed by atoms with Crippen LogP contribution in [-0.2, 0) is 19.6 Å². The molecular formula is C16H21N3O6S. The molecule has 0 aromatic heterocycles. The lowest BCUT2D eigenvalue weighted by molar-refractivity contribution is -0.135. The van der Waals surface area contributed by atoms with Gasteiger partial charge in [-0.15, -0.1) is 0 Å². The van der Waals surface area contributed by atoms with E-state index >= 15 is 0 Å². The predicted molar refractivity (Wildman–Crippen MR) is 94.2 cm³/mol. The maximum absolute atomic E-state index is 12.3. The first kappa shape index (κ1) is 19.9. The van der Waals surface area contributed by atoms with Crippen molar-refractivity contribution in [1.82, 2.24) is 9.62 Å². The van der Waals surface area contributed by atoms with Crippen molar-refractivity contribution in [2.45, 2.75) is 12.8 Å². The fourth-order valence-corrected chi connectivity index (χ4v) is 3.53. The molecule has 26 heavy (non-hydrogen) atoms. The molecule has 2 amide bonds. The van der Waals surface area contributed by atoms with Crippen LogP contribution in [-0.4, -0.2) is 61.5 Å². The van der Waals surface area contributed by atoms with Crippen LogP contribution in [0.15, 0.2) is 24.3 Å². The maximum atomic E-state index is 12.3. The summed E-state index contributed by atoms with van der Waals surface area (Å²) in [5.41, 5.74) is 0.793. The van der Waals surface area contributed by atoms with E-state index in [1.165, 1.54) is 16.4 Å². The summed E-state index contributed by atoms with van der Waals surface area (Å²) in [7, 11) is -3.23. The minimum absolute atomic E-state index is 0.193. The zero-order valence-corrected chi connectivity index (χ0v) is 15.1. The first-order chi connectivity index (χ1) is 12.2. The molecule has 142 valence electrons. The van der Waals surface area contributed by atoms with Crippen molar-refractivity contribution in [1.29, 1.82) is 0 Å². The Labute approximate surface area is 151 Å². The number of benzene rings is 1. The van der Waals surface area contributed by atoms with E-state index in [1.54, 1.807) is 12.1 Å². The SMILES string of the molecule is CS(=O)(=O)N1CCC(C(=O)Nc2ccc(C(=O)NCC(=O)O)cc2)CC1. The molecule has 1 aliphatic heterocycles. The van der Waals surface area contributed by atoms with Gasteiger partial charge in [0.1, 0.15) is 6.54 Å². The first-order valence-electron chi connectivity index (χ1n) is 8.03. The van der Waals surface area contributed by atoms with Gasteiger partial charge < -0.3 is 15.7 Å². The van der Waals surface area contributed by atoms with Gasteiger partial charge in [0, 0.05) is 30.3 Å². The number of hydrogen-bond acceptors (Lipinski definition) is 5. The average molecular weight is 383 g/mol. The third-order valence-electron chi connectivity index (χ3n) is 4.11. The molecule has 1 saturated heterocycles. The Morgan fingerprint density at radius 3 is 2.23 bits per heavy atom. The number of sulfonamides is 1. The molecule has 10 heteroatoms. The molecule has 3 N–H and O–H groups in total. The summed E-state index contributed by atoms with van der Waals surface area (Å²) in [6.45, 7) is 0.169. The molecule has 9 nitrogen and oxygen atoms in total. The Bertz CT molecular complexity index is 783. The molecule has 0 bridgehead atoms. The van der Waals surface area contributed by atoms with E-state index in [4.69, 9.17) is 5.11 Å². The van der Waals surface area contributed by atoms with Gasteiger partial charge in [0.25, 0.3) is 5.91 Å². The minimum Gasteiger partial charge on any atom is -0.480 e. The van der Waals surface area contributed by atoms with E-state index in [0.29, 0.717) is 31.6 Å². The van der Waals surface area contributed by atoms with Gasteiger partial charge in [0.05, 0.1) is 6.26 Å². The van der Waals surface area contributed by atoms with Crippen LogP contribution < -0.4 is 10.6 Å². The van der Waals surface area contributed by atoms with Crippen molar-refractivity contribution in [2.75, 3.05) is 31.2 Å². The molecular weight excluding hydrogens is 362 g/mol. The molecule has 0 spiro atoms. The van der Waals surface area contributed by atoms with Crippen molar-refractivity contribution in [2.24, 2.45) is 5.92 Å². The number of nitrogens with zero attached hydrogens (tertiary/aromatic N) is 1. The summed E-state index contributed by atoms with van der Waals surface area (Å²) in [5.74, 6) is -2.12. The van der Waals surface area contributed by atoms with Gasteiger partial charge in [-0.05, 0) is 37.1 Å². The topological polar surface area (TPSA) is 133 Å². The molecule has 0 aliphatic carbocycles. The molecule has 0 saturated carbocycles. The number of rotatable bonds is 6. The largest absolute Gasteiger partial charge is 0.480 e. The smallest absolute Gasteiger partial charge is 0.322 e. The lowest BCUT2D eigenvalue weighted by Crippen LogP contribution is -2.40. The third kappa shape index (κ3) is 5.53. The second kappa shape index (κ2) is 8.28. The van der Waals surface area contributed by atoms with Crippen LogP contribution in [0.1, 0.15) is 23.2 Å². The van der Waals surface area contributed by atoms with E-state index in [9.17, 15) is 22.8 Å². The van der Waals surface area contributed by atoms with Gasteiger partial charge >= 0.3 is 5.97 Å². The molecule has 0 radical (unpaired) electrons. The van der Waals surface area contributed by atoms with Gasteiger partial charge in [0.15, 0.2) is 0 Å². The van der Waals surface area contributed by atoms with Crippen LogP contribution in [0.25, 0.3) is 0 Å². The van der Waals surface area contributed by atoms with Crippen LogP contribution in [0.3, 0.4) is 0 Å². The Balaban J connectivity index is 1.88. The number of hydrogen-bond donors (Lipinski definition) is 3. The number of carboxylic acid groups (broad SMARTS) is 1. The number of carboxylic acids is 1. The standard InChI is InChI=1S/C16H21N3O6S/c1-26(24,25)19-8-6-12(7-9-19)16(23)18-13-4-2-11(3-5-13)15(22)17-10-14(20)21/h2-5,12H,6-10H2,1H3,(H,17,22)(H,18,23)(H,20,21). The fraction of sp³-hybridized carbons (Fsp3) is 0.438. The van der Waals surface area contributed by atoms with Gasteiger partial charge in [-0.3, -0.25) is 14.4 Å². The van der Waals surface area contributed by atoms with E-state index < -0.39 is 28.4 Å². The highest BCUT2D eigenvalue weighted by Crippen LogP contribution is 2.21. The van der Waals surface area contributed by atoms with E-state index in [0.717, 1.165) is 6.26 Å². The summed E-state index contributed by atoms with van der Waals surface area (Å²) in [6.07, 6.45) is 2.06. The van der Waals surface area contributed by atoms with Crippen LogP contribution in [0, 0.1) is 5.92 Å². The molecule has 0 unspecified atom stereocenters. The number of aliphatic carboxylic acids is 1. The highest BCUT2D eigenvalue weighted by Gasteiger charge is 2.28. The van der Waals surface area contributed by atoms with Crippen LogP contribution in [0.4, 0.5) is 5.69 Å². The number of carbonyl (C=O) groups excluding carboxylic acids is 2. The highest BCUT2D eigenvalue weighted by molar-refractivity contribution is 7.88. The highest BCUT2D eigenvalue weighted by atomic mass is 32.2. The van der Waals surface area contributed by atoms with Crippen molar-refractivity contribution in [3.05, 3.63) is 29.8 Å². The first-order valence-corrected chi connectivity index (χ1v) is 9.87. The summed E-state index contributed by atoms with van der Waals surface area (Å²) < 4.78 is 24.3. The van der Waals surface area contributed by atoms with E-state index in [1.807, 2.05) is 0 Å². The Hall–Kier alpha value is -2.46. The summed E-state index contributed by atoms with van der Waals surface area (Å²) in [6, 6.07) is 6.08. The lowest BCUT2D eigenvalue weighted by Gasteiger charge is -2.29. The summed E-state index contributed by atoms with van der Waals surface area (Å²) in [5, 5.41) is 13.5. The molecule has 1 aromatic rings. The maximum Gasteiger partial charge on any atom is 0.322 e. The lowest BCUT2D eigenvalue weighted by atomic mass is 9.97. The number of anilines is 1. The second-order valence-corrected chi connectivity index (χ2v) is 8.06. The molecule has 1 aliphatic rings. The zero-order chi connectivity index (χ0) is 19.3. The Morgan fingerprint density at radius 1 is 1.15 bits per heavy atom. The molecule has 0 atom stereocenters. The van der Waals surface area contributed by atoms with Crippen molar-refractivity contribution < 1.29 is 27.9 Å². The van der Waals surface area contributed by atoms with Crippen molar-refractivity contribution in [3.8, 4) is 0 Å². The Kier molecular flexibility index (Phi) is 6.32. The number of amides is 2. The monoisotopic (exact) mass is 383 g/mol. The average Bonchev–Trinajstić information content (AvgIpc) is 2.59. The van der Waals surface area contributed by atoms with Crippen LogP contribution in [0.5, 0.6) is 0 Å². The minimum atomic E-state index is -3.23. The molecule has 1 aromatic carbocycles. The normalized spacial score (nSPS) is 16.0. The van der Waals surface area contributed by atoms with Crippen molar-refractivity contribution in [3.63, 3.8) is 0 Å². The quantitative estimate of drug-likeness (QED) is 0.639. The fourth-order valence-electron chi connectivity index (χ4n) is 2.66. The Morgan fingerprint density at radius 2 is 1.73 bits per heavy atom. The predicted octanol–water partition coefficient (Wildman–Crippen LogP) is 0.111. The van der Waals surface area contributed by atoms with E-state index in [2.05, 4.69) is 10.6 Å². The van der Waals surface area contributed by atoms with Gasteiger partial charge in [-0.1, -0.05) is 0 Å². The van der Waals surface area contributed by atoms with E-state index in [-0.39, 0.29) is 17.4 Å². The summed E-state index contributed by atoms with van der Waals surface area (Å²) >= 11 is 0.